The van der Waals surface area contributed by atoms with E-state index in [9.17, 15) is 9.90 Å². The highest BCUT2D eigenvalue weighted by Gasteiger charge is 2.23. The Bertz CT molecular complexity index is 177. The number of ether oxygens (including phenoxy) is 1. The lowest BCUT2D eigenvalue weighted by atomic mass is 9.95. The van der Waals surface area contributed by atoms with Crippen molar-refractivity contribution in [3.8, 4) is 0 Å². The summed E-state index contributed by atoms with van der Waals surface area (Å²) in [6.07, 6.45) is 2.97. The Balaban J connectivity index is 2.31. The fourth-order valence-corrected chi connectivity index (χ4v) is 1.53. The van der Waals surface area contributed by atoms with Gasteiger partial charge in [-0.1, -0.05) is 13.8 Å². The molecule has 1 saturated carbocycles. The van der Waals surface area contributed by atoms with Crippen LogP contribution in [0, 0.1) is 5.92 Å². The zero-order valence-corrected chi connectivity index (χ0v) is 8.32. The van der Waals surface area contributed by atoms with Crippen LogP contribution in [0.1, 0.15) is 39.5 Å². The number of aliphatic hydroxyl groups is 1. The Labute approximate surface area is 79.1 Å². The van der Waals surface area contributed by atoms with Crippen molar-refractivity contribution in [2.75, 3.05) is 0 Å². The van der Waals surface area contributed by atoms with Gasteiger partial charge in [-0.05, 0) is 19.3 Å². The van der Waals surface area contributed by atoms with E-state index in [0.29, 0.717) is 6.42 Å². The van der Waals surface area contributed by atoms with Crippen molar-refractivity contribution in [2.24, 2.45) is 5.92 Å². The van der Waals surface area contributed by atoms with E-state index in [-0.39, 0.29) is 24.1 Å². The predicted molar refractivity (Wildman–Crippen MR) is 49.2 cm³/mol. The molecule has 1 rings (SSSR count). The van der Waals surface area contributed by atoms with Gasteiger partial charge in [0, 0.05) is 6.42 Å². The summed E-state index contributed by atoms with van der Waals surface area (Å²) >= 11 is 0. The van der Waals surface area contributed by atoms with Crippen molar-refractivity contribution >= 4 is 5.97 Å². The molecule has 0 radical (unpaired) electrons. The van der Waals surface area contributed by atoms with Crippen LogP contribution < -0.4 is 0 Å². The molecule has 1 aliphatic rings. The summed E-state index contributed by atoms with van der Waals surface area (Å²) in [5.41, 5.74) is 0. The van der Waals surface area contributed by atoms with E-state index in [1.165, 1.54) is 0 Å². The first-order valence-electron chi connectivity index (χ1n) is 4.98. The van der Waals surface area contributed by atoms with Crippen LogP contribution >= 0.6 is 0 Å². The van der Waals surface area contributed by atoms with Crippen LogP contribution in [0.3, 0.4) is 0 Å². The maximum atomic E-state index is 11.2. The topological polar surface area (TPSA) is 46.5 Å². The molecule has 3 nitrogen and oxygen atoms in total. The first kappa shape index (κ1) is 10.5. The molecule has 1 aliphatic carbocycles. The summed E-state index contributed by atoms with van der Waals surface area (Å²) in [4.78, 5) is 11.2. The van der Waals surface area contributed by atoms with Crippen LogP contribution in [0.4, 0.5) is 0 Å². The molecule has 0 spiro atoms. The monoisotopic (exact) mass is 186 g/mol. The largest absolute Gasteiger partial charge is 0.462 e. The fraction of sp³-hybridized carbons (Fsp3) is 0.900. The number of aliphatic hydroxyl groups excluding tert-OH is 1. The molecule has 1 N–H and O–H groups in total. The standard InChI is InChI=1S/C10H18O3/c1-7(2)10(12)13-9-5-3-4-8(11)6-9/h7-9,11H,3-6H2,1-2H3/t8-,9+/m0/s1. The summed E-state index contributed by atoms with van der Waals surface area (Å²) in [7, 11) is 0. The van der Waals surface area contributed by atoms with Gasteiger partial charge in [-0.15, -0.1) is 0 Å². The molecule has 0 bridgehead atoms. The normalized spacial score (nSPS) is 28.9. The maximum Gasteiger partial charge on any atom is 0.308 e. The zero-order valence-electron chi connectivity index (χ0n) is 8.32. The van der Waals surface area contributed by atoms with Gasteiger partial charge in [-0.25, -0.2) is 0 Å². The molecule has 0 aliphatic heterocycles. The molecule has 2 atom stereocenters. The lowest BCUT2D eigenvalue weighted by Crippen LogP contribution is -2.29. The number of carbonyl (C=O) groups excluding carboxylic acids is 1. The van der Waals surface area contributed by atoms with Crippen LogP contribution in [0.5, 0.6) is 0 Å². The number of hydrogen-bond acceptors (Lipinski definition) is 3. The molecule has 13 heavy (non-hydrogen) atoms. The second-order valence-electron chi connectivity index (χ2n) is 4.03. The third-order valence-corrected chi connectivity index (χ3v) is 2.35. The SMILES string of the molecule is CC(C)C(=O)O[C@@H]1CCC[C@H](O)C1. The summed E-state index contributed by atoms with van der Waals surface area (Å²) < 4.78 is 5.22. The van der Waals surface area contributed by atoms with Gasteiger partial charge in [0.25, 0.3) is 0 Å². The molecule has 0 saturated heterocycles. The number of esters is 1. The van der Waals surface area contributed by atoms with Gasteiger partial charge in [0.05, 0.1) is 12.0 Å². The van der Waals surface area contributed by atoms with E-state index in [0.717, 1.165) is 19.3 Å². The van der Waals surface area contributed by atoms with Crippen LogP contribution in [0.2, 0.25) is 0 Å². The Morgan fingerprint density at radius 3 is 2.69 bits per heavy atom. The lowest BCUT2D eigenvalue weighted by Gasteiger charge is -2.26. The van der Waals surface area contributed by atoms with Gasteiger partial charge in [-0.3, -0.25) is 4.79 Å². The van der Waals surface area contributed by atoms with Crippen molar-refractivity contribution in [2.45, 2.75) is 51.7 Å². The van der Waals surface area contributed by atoms with Crippen molar-refractivity contribution in [1.29, 1.82) is 0 Å². The van der Waals surface area contributed by atoms with Crippen LogP contribution in [-0.4, -0.2) is 23.3 Å². The highest BCUT2D eigenvalue weighted by molar-refractivity contribution is 5.71. The minimum absolute atomic E-state index is 0.0568. The lowest BCUT2D eigenvalue weighted by molar-refractivity contribution is -0.155. The average Bonchev–Trinajstić information content (AvgIpc) is 2.04. The van der Waals surface area contributed by atoms with Crippen LogP contribution in [-0.2, 0) is 9.53 Å². The number of carbonyl (C=O) groups is 1. The van der Waals surface area contributed by atoms with Crippen molar-refractivity contribution < 1.29 is 14.6 Å². The highest BCUT2D eigenvalue weighted by atomic mass is 16.5. The molecule has 0 unspecified atom stereocenters. The van der Waals surface area contributed by atoms with Crippen LogP contribution in [0.15, 0.2) is 0 Å². The van der Waals surface area contributed by atoms with Crippen molar-refractivity contribution in [3.63, 3.8) is 0 Å². The summed E-state index contributed by atoms with van der Waals surface area (Å²) in [6, 6.07) is 0. The fourth-order valence-electron chi connectivity index (χ4n) is 1.53. The molecule has 76 valence electrons. The molecule has 0 aromatic rings. The van der Waals surface area contributed by atoms with E-state index in [1.54, 1.807) is 0 Å². The molecular weight excluding hydrogens is 168 g/mol. The minimum atomic E-state index is -0.279. The third-order valence-electron chi connectivity index (χ3n) is 2.35. The second-order valence-corrected chi connectivity index (χ2v) is 4.03. The molecule has 0 amide bonds. The van der Waals surface area contributed by atoms with Gasteiger partial charge in [-0.2, -0.15) is 0 Å². The van der Waals surface area contributed by atoms with Gasteiger partial charge in [0.15, 0.2) is 0 Å². The van der Waals surface area contributed by atoms with E-state index >= 15 is 0 Å². The minimum Gasteiger partial charge on any atom is -0.462 e. The summed E-state index contributed by atoms with van der Waals surface area (Å²) in [6.45, 7) is 3.64. The van der Waals surface area contributed by atoms with Gasteiger partial charge in [0.2, 0.25) is 0 Å². The predicted octanol–water partition coefficient (Wildman–Crippen LogP) is 1.49. The highest BCUT2D eigenvalue weighted by Crippen LogP contribution is 2.21. The van der Waals surface area contributed by atoms with E-state index in [4.69, 9.17) is 4.74 Å². The van der Waals surface area contributed by atoms with Gasteiger partial charge in [0.1, 0.15) is 6.10 Å². The smallest absolute Gasteiger partial charge is 0.308 e. The molecular formula is C10H18O3. The van der Waals surface area contributed by atoms with Crippen LogP contribution in [0.25, 0.3) is 0 Å². The van der Waals surface area contributed by atoms with E-state index in [2.05, 4.69) is 0 Å². The van der Waals surface area contributed by atoms with Crippen molar-refractivity contribution in [3.05, 3.63) is 0 Å². The zero-order chi connectivity index (χ0) is 9.84. The maximum absolute atomic E-state index is 11.2. The second kappa shape index (κ2) is 4.61. The van der Waals surface area contributed by atoms with Crippen molar-refractivity contribution in [1.82, 2.24) is 0 Å². The third kappa shape index (κ3) is 3.35. The van der Waals surface area contributed by atoms with Gasteiger partial charge >= 0.3 is 5.97 Å². The average molecular weight is 186 g/mol. The summed E-state index contributed by atoms with van der Waals surface area (Å²) in [5, 5.41) is 9.34. The first-order chi connectivity index (χ1) is 6.09. The van der Waals surface area contributed by atoms with Gasteiger partial charge < -0.3 is 9.84 Å². The van der Waals surface area contributed by atoms with E-state index < -0.39 is 0 Å². The molecule has 1 fully saturated rings. The number of hydrogen-bond donors (Lipinski definition) is 1. The number of rotatable bonds is 2. The molecule has 3 heteroatoms. The molecule has 0 aromatic heterocycles. The Morgan fingerprint density at radius 1 is 1.46 bits per heavy atom. The first-order valence-corrected chi connectivity index (χ1v) is 4.98. The molecule has 0 aromatic carbocycles. The Kier molecular flexibility index (Phi) is 3.72. The Hall–Kier alpha value is -0.570. The summed E-state index contributed by atoms with van der Waals surface area (Å²) in [5.74, 6) is -0.224. The quantitative estimate of drug-likeness (QED) is 0.664. The Morgan fingerprint density at radius 2 is 2.15 bits per heavy atom. The molecule has 0 heterocycles. The van der Waals surface area contributed by atoms with E-state index in [1.807, 2.05) is 13.8 Å².